The minimum atomic E-state index is -0.784. The van der Waals surface area contributed by atoms with Gasteiger partial charge in [0.15, 0.2) is 6.61 Å². The summed E-state index contributed by atoms with van der Waals surface area (Å²) in [5.41, 5.74) is 1.02. The van der Waals surface area contributed by atoms with E-state index in [0.717, 1.165) is 5.69 Å². The van der Waals surface area contributed by atoms with E-state index in [2.05, 4.69) is 15.4 Å². The first-order valence-electron chi connectivity index (χ1n) is 8.45. The summed E-state index contributed by atoms with van der Waals surface area (Å²) in [4.78, 5) is 39.7. The Balaban J connectivity index is 1.90. The molecule has 144 valence electrons. The lowest BCUT2D eigenvalue weighted by Crippen LogP contribution is -2.47. The van der Waals surface area contributed by atoms with E-state index in [1.165, 1.54) is 19.8 Å². The predicted octanol–water partition coefficient (Wildman–Crippen LogP) is 1.13. The monoisotopic (exact) mass is 374 g/mol. The Morgan fingerprint density at radius 1 is 1.22 bits per heavy atom. The first-order chi connectivity index (χ1) is 13.0. The van der Waals surface area contributed by atoms with Crippen LogP contribution in [-0.2, 0) is 19.1 Å². The number of rotatable bonds is 8. The van der Waals surface area contributed by atoms with Gasteiger partial charge in [0.2, 0.25) is 0 Å². The summed E-state index contributed by atoms with van der Waals surface area (Å²) in [5, 5.41) is 6.53. The van der Waals surface area contributed by atoms with Crippen molar-refractivity contribution in [2.24, 2.45) is 5.92 Å². The second-order valence-corrected chi connectivity index (χ2v) is 5.92. The van der Waals surface area contributed by atoms with E-state index in [1.54, 1.807) is 28.9 Å². The molecule has 0 aliphatic rings. The molecule has 1 heterocycles. The van der Waals surface area contributed by atoms with Crippen molar-refractivity contribution in [1.82, 2.24) is 20.1 Å². The van der Waals surface area contributed by atoms with Gasteiger partial charge < -0.3 is 14.8 Å². The van der Waals surface area contributed by atoms with E-state index in [9.17, 15) is 14.4 Å². The van der Waals surface area contributed by atoms with E-state index in [0.29, 0.717) is 6.42 Å². The van der Waals surface area contributed by atoms with E-state index in [4.69, 9.17) is 9.47 Å². The quantitative estimate of drug-likeness (QED) is 0.689. The van der Waals surface area contributed by atoms with E-state index < -0.39 is 30.5 Å². The number of aromatic nitrogens is 3. The highest BCUT2D eigenvalue weighted by molar-refractivity contribution is 5.92. The van der Waals surface area contributed by atoms with Crippen molar-refractivity contribution in [3.63, 3.8) is 0 Å². The Morgan fingerprint density at radius 3 is 2.48 bits per heavy atom. The summed E-state index contributed by atoms with van der Waals surface area (Å²) >= 11 is 0. The zero-order chi connectivity index (χ0) is 19.8. The van der Waals surface area contributed by atoms with Crippen LogP contribution >= 0.6 is 0 Å². The SMILES string of the molecule is CCC(C)C(NC(=O)COC(=O)c1ccc(-n2cncn2)cc1)C(=O)OC. The van der Waals surface area contributed by atoms with Gasteiger partial charge in [-0.1, -0.05) is 20.3 Å². The Bertz CT molecular complexity index is 774. The molecule has 27 heavy (non-hydrogen) atoms. The molecule has 0 saturated heterocycles. The first kappa shape index (κ1) is 20.1. The highest BCUT2D eigenvalue weighted by atomic mass is 16.5. The minimum Gasteiger partial charge on any atom is -0.467 e. The number of benzene rings is 1. The Kier molecular flexibility index (Phi) is 7.04. The number of nitrogens with one attached hydrogen (secondary N) is 1. The molecule has 1 aromatic carbocycles. The highest BCUT2D eigenvalue weighted by Crippen LogP contribution is 2.10. The van der Waals surface area contributed by atoms with Crippen molar-refractivity contribution in [3.8, 4) is 5.69 Å². The van der Waals surface area contributed by atoms with Gasteiger partial charge in [0.05, 0.1) is 18.4 Å². The van der Waals surface area contributed by atoms with E-state index in [1.807, 2.05) is 13.8 Å². The minimum absolute atomic E-state index is 0.110. The lowest BCUT2D eigenvalue weighted by Gasteiger charge is -2.21. The topological polar surface area (TPSA) is 112 Å². The van der Waals surface area contributed by atoms with Crippen molar-refractivity contribution in [1.29, 1.82) is 0 Å². The Hall–Kier alpha value is -3.23. The predicted molar refractivity (Wildman–Crippen MR) is 95.0 cm³/mol. The van der Waals surface area contributed by atoms with Crippen LogP contribution in [0.2, 0.25) is 0 Å². The van der Waals surface area contributed by atoms with Crippen LogP contribution in [0.5, 0.6) is 0 Å². The van der Waals surface area contributed by atoms with Crippen LogP contribution in [0, 0.1) is 5.92 Å². The lowest BCUT2D eigenvalue weighted by atomic mass is 9.99. The standard InChI is InChI=1S/C18H22N4O5/c1-4-12(2)16(18(25)26-3)21-15(23)9-27-17(24)13-5-7-14(8-6-13)22-11-19-10-20-22/h5-8,10-12,16H,4,9H2,1-3H3,(H,21,23). The smallest absolute Gasteiger partial charge is 0.338 e. The van der Waals surface area contributed by atoms with Gasteiger partial charge in [0.25, 0.3) is 5.91 Å². The van der Waals surface area contributed by atoms with Crippen molar-refractivity contribution in [2.75, 3.05) is 13.7 Å². The molecule has 2 atom stereocenters. The summed E-state index contributed by atoms with van der Waals surface area (Å²) in [5.74, 6) is -1.86. The molecule has 0 aliphatic carbocycles. The zero-order valence-electron chi connectivity index (χ0n) is 15.4. The van der Waals surface area contributed by atoms with Gasteiger partial charge in [0.1, 0.15) is 18.7 Å². The number of methoxy groups -OCH3 is 1. The largest absolute Gasteiger partial charge is 0.467 e. The second kappa shape index (κ2) is 9.46. The molecular weight excluding hydrogens is 352 g/mol. The summed E-state index contributed by atoms with van der Waals surface area (Å²) in [6.07, 6.45) is 3.62. The third kappa shape index (κ3) is 5.37. The molecule has 0 fully saturated rings. The third-order valence-corrected chi connectivity index (χ3v) is 4.11. The third-order valence-electron chi connectivity index (χ3n) is 4.11. The Labute approximate surface area is 156 Å². The maximum atomic E-state index is 12.1. The van der Waals surface area contributed by atoms with Crippen LogP contribution < -0.4 is 5.32 Å². The van der Waals surface area contributed by atoms with Gasteiger partial charge >= 0.3 is 11.9 Å². The zero-order valence-corrected chi connectivity index (χ0v) is 15.4. The van der Waals surface area contributed by atoms with Crippen LogP contribution in [-0.4, -0.2) is 52.4 Å². The summed E-state index contributed by atoms with van der Waals surface area (Å²) < 4.78 is 11.3. The van der Waals surface area contributed by atoms with Gasteiger partial charge in [-0.05, 0) is 30.2 Å². The molecule has 2 unspecified atom stereocenters. The van der Waals surface area contributed by atoms with Gasteiger partial charge in [-0.25, -0.2) is 19.3 Å². The number of carbonyl (C=O) groups is 3. The molecule has 2 aromatic rings. The average Bonchev–Trinajstić information content (AvgIpc) is 3.24. The van der Waals surface area contributed by atoms with Gasteiger partial charge in [0, 0.05) is 0 Å². The molecule has 2 rings (SSSR count). The molecule has 1 amide bonds. The fourth-order valence-corrected chi connectivity index (χ4v) is 2.32. The number of carbonyl (C=O) groups excluding carboxylic acids is 3. The van der Waals surface area contributed by atoms with Crippen molar-refractivity contribution >= 4 is 17.8 Å². The van der Waals surface area contributed by atoms with Crippen LogP contribution in [0.4, 0.5) is 0 Å². The molecule has 0 bridgehead atoms. The summed E-state index contributed by atoms with van der Waals surface area (Å²) in [7, 11) is 1.26. The van der Waals surface area contributed by atoms with Gasteiger partial charge in [-0.3, -0.25) is 4.79 Å². The number of amides is 1. The number of hydrogen-bond donors (Lipinski definition) is 1. The average molecular weight is 374 g/mol. The number of ether oxygens (including phenoxy) is 2. The number of esters is 2. The Morgan fingerprint density at radius 2 is 1.93 bits per heavy atom. The summed E-state index contributed by atoms with van der Waals surface area (Å²) in [6.45, 7) is 3.23. The van der Waals surface area contributed by atoms with E-state index >= 15 is 0 Å². The van der Waals surface area contributed by atoms with Crippen molar-refractivity contribution < 1.29 is 23.9 Å². The maximum Gasteiger partial charge on any atom is 0.338 e. The molecule has 0 radical (unpaired) electrons. The highest BCUT2D eigenvalue weighted by Gasteiger charge is 2.27. The fourth-order valence-electron chi connectivity index (χ4n) is 2.32. The maximum absolute atomic E-state index is 12.1. The molecule has 1 aromatic heterocycles. The normalized spacial score (nSPS) is 12.7. The van der Waals surface area contributed by atoms with Crippen molar-refractivity contribution in [2.45, 2.75) is 26.3 Å². The van der Waals surface area contributed by atoms with Crippen LogP contribution in [0.15, 0.2) is 36.9 Å². The summed E-state index contributed by atoms with van der Waals surface area (Å²) in [6, 6.07) is 5.71. The van der Waals surface area contributed by atoms with Gasteiger partial charge in [-0.15, -0.1) is 0 Å². The molecule has 9 heteroatoms. The van der Waals surface area contributed by atoms with Crippen LogP contribution in [0.1, 0.15) is 30.6 Å². The fraction of sp³-hybridized carbons (Fsp3) is 0.389. The lowest BCUT2D eigenvalue weighted by molar-refractivity contribution is -0.147. The number of nitrogens with zero attached hydrogens (tertiary/aromatic N) is 3. The van der Waals surface area contributed by atoms with Gasteiger partial charge in [-0.2, -0.15) is 5.10 Å². The number of hydrogen-bond acceptors (Lipinski definition) is 7. The van der Waals surface area contributed by atoms with Crippen LogP contribution in [0.3, 0.4) is 0 Å². The molecule has 9 nitrogen and oxygen atoms in total. The second-order valence-electron chi connectivity index (χ2n) is 5.92. The van der Waals surface area contributed by atoms with E-state index in [-0.39, 0.29) is 11.5 Å². The molecule has 1 N–H and O–H groups in total. The van der Waals surface area contributed by atoms with Crippen LogP contribution in [0.25, 0.3) is 5.69 Å². The molecular formula is C18H22N4O5. The van der Waals surface area contributed by atoms with Crippen molar-refractivity contribution in [3.05, 3.63) is 42.5 Å². The first-order valence-corrected chi connectivity index (χ1v) is 8.45. The molecule has 0 saturated carbocycles. The molecule has 0 aliphatic heterocycles. The molecule has 0 spiro atoms.